The molecule has 36 heavy (non-hydrogen) atoms. The number of hydrogen-bond donors (Lipinski definition) is 1. The first kappa shape index (κ1) is 23.3. The monoisotopic (exact) mass is 485 g/mol. The molecule has 1 aromatic heterocycles. The lowest BCUT2D eigenvalue weighted by atomic mass is 10.2. The van der Waals surface area contributed by atoms with Crippen LogP contribution in [0.3, 0.4) is 0 Å². The number of para-hydroxylation sites is 1. The van der Waals surface area contributed by atoms with Gasteiger partial charge in [0, 0.05) is 25.0 Å². The van der Waals surface area contributed by atoms with Crippen LogP contribution in [0.5, 0.6) is 11.5 Å². The van der Waals surface area contributed by atoms with E-state index in [1.165, 1.54) is 22.8 Å². The van der Waals surface area contributed by atoms with Crippen molar-refractivity contribution in [2.75, 3.05) is 36.5 Å². The average molecular weight is 486 g/mol. The Hall–Kier alpha value is -4.43. The fourth-order valence-corrected chi connectivity index (χ4v) is 4.04. The molecule has 0 aliphatic carbocycles. The first-order valence-electron chi connectivity index (χ1n) is 11.6. The van der Waals surface area contributed by atoms with Crippen molar-refractivity contribution >= 4 is 17.3 Å². The Kier molecular flexibility index (Phi) is 6.77. The molecule has 1 aliphatic rings. The van der Waals surface area contributed by atoms with Gasteiger partial charge in [0.05, 0.1) is 24.6 Å². The highest BCUT2D eigenvalue weighted by Gasteiger charge is 2.19. The fourth-order valence-electron chi connectivity index (χ4n) is 4.04. The molecule has 7 nitrogen and oxygen atoms in total. The van der Waals surface area contributed by atoms with Crippen molar-refractivity contribution in [1.82, 2.24) is 4.57 Å². The van der Waals surface area contributed by atoms with Crippen LogP contribution >= 0.6 is 0 Å². The van der Waals surface area contributed by atoms with Gasteiger partial charge in [0.25, 0.3) is 11.5 Å². The molecule has 8 heteroatoms. The summed E-state index contributed by atoms with van der Waals surface area (Å²) >= 11 is 0. The molecular weight excluding hydrogens is 461 g/mol. The van der Waals surface area contributed by atoms with E-state index < -0.39 is 17.3 Å². The molecule has 0 bridgehead atoms. The number of morpholine rings is 1. The zero-order valence-corrected chi connectivity index (χ0v) is 19.4. The molecule has 0 saturated carbocycles. The number of rotatable bonds is 6. The number of nitrogens with one attached hydrogen (secondary N) is 1. The van der Waals surface area contributed by atoms with Crippen molar-refractivity contribution in [3.05, 3.63) is 113 Å². The highest BCUT2D eigenvalue weighted by Crippen LogP contribution is 2.26. The summed E-state index contributed by atoms with van der Waals surface area (Å²) in [5, 5.41) is 2.76. The zero-order chi connectivity index (χ0) is 24.9. The minimum Gasteiger partial charge on any atom is -0.457 e. The first-order valence-corrected chi connectivity index (χ1v) is 11.6. The van der Waals surface area contributed by atoms with Gasteiger partial charge in [-0.05, 0) is 66.7 Å². The number of halogens is 1. The third-order valence-corrected chi connectivity index (χ3v) is 5.83. The number of carbonyl (C=O) groups is 1. The predicted molar refractivity (Wildman–Crippen MR) is 136 cm³/mol. The van der Waals surface area contributed by atoms with Gasteiger partial charge in [0.1, 0.15) is 22.9 Å². The summed E-state index contributed by atoms with van der Waals surface area (Å²) in [5.41, 5.74) is 1.07. The zero-order valence-electron chi connectivity index (χ0n) is 19.4. The lowest BCUT2D eigenvalue weighted by Gasteiger charge is -2.30. The molecular formula is C28H24FN3O4. The molecule has 0 atom stereocenters. The maximum atomic E-state index is 14.1. The van der Waals surface area contributed by atoms with E-state index in [1.54, 1.807) is 42.6 Å². The highest BCUT2D eigenvalue weighted by molar-refractivity contribution is 6.04. The minimum atomic E-state index is -0.541. The Bertz CT molecular complexity index is 1420. The molecule has 1 fully saturated rings. The summed E-state index contributed by atoms with van der Waals surface area (Å²) < 4.78 is 26.6. The fraction of sp³-hybridized carbons (Fsp3) is 0.143. The van der Waals surface area contributed by atoms with Gasteiger partial charge >= 0.3 is 0 Å². The number of aromatic nitrogens is 1. The van der Waals surface area contributed by atoms with Crippen molar-refractivity contribution in [3.8, 4) is 17.2 Å². The molecule has 5 rings (SSSR count). The van der Waals surface area contributed by atoms with Gasteiger partial charge in [-0.1, -0.05) is 18.2 Å². The van der Waals surface area contributed by atoms with Gasteiger partial charge in [0.2, 0.25) is 0 Å². The van der Waals surface area contributed by atoms with E-state index in [0.29, 0.717) is 54.9 Å². The second-order valence-corrected chi connectivity index (χ2v) is 8.22. The average Bonchev–Trinajstić information content (AvgIpc) is 2.91. The minimum absolute atomic E-state index is 0.0284. The van der Waals surface area contributed by atoms with Gasteiger partial charge in [-0.15, -0.1) is 0 Å². The molecule has 182 valence electrons. The van der Waals surface area contributed by atoms with Crippen LogP contribution in [-0.2, 0) is 4.74 Å². The molecule has 1 aliphatic heterocycles. The van der Waals surface area contributed by atoms with E-state index >= 15 is 0 Å². The largest absolute Gasteiger partial charge is 0.457 e. The van der Waals surface area contributed by atoms with E-state index in [4.69, 9.17) is 9.47 Å². The third kappa shape index (κ3) is 5.13. The Morgan fingerprint density at radius 1 is 0.861 bits per heavy atom. The maximum Gasteiger partial charge on any atom is 0.268 e. The Balaban J connectivity index is 1.37. The van der Waals surface area contributed by atoms with Crippen molar-refractivity contribution < 1.29 is 18.7 Å². The second kappa shape index (κ2) is 10.5. The van der Waals surface area contributed by atoms with Crippen LogP contribution < -0.4 is 20.5 Å². The molecule has 3 aromatic carbocycles. The van der Waals surface area contributed by atoms with Crippen LogP contribution in [-0.4, -0.2) is 36.8 Å². The topological polar surface area (TPSA) is 72.8 Å². The standard InChI is InChI=1S/C28H24FN3O4/c29-20-8-13-25(26(19-20)31-15-17-35-18-16-31)32-14-4-7-24(28(32)34)27(33)30-21-9-11-23(12-10-21)36-22-5-2-1-3-6-22/h1-14,19H,15-18H2,(H,30,33). The van der Waals surface area contributed by atoms with Crippen molar-refractivity contribution in [3.63, 3.8) is 0 Å². The van der Waals surface area contributed by atoms with Gasteiger partial charge in [-0.3, -0.25) is 14.2 Å². The van der Waals surface area contributed by atoms with Crippen LogP contribution in [0.15, 0.2) is 95.9 Å². The van der Waals surface area contributed by atoms with E-state index in [-0.39, 0.29) is 5.56 Å². The molecule has 1 amide bonds. The number of nitrogens with zero attached hydrogens (tertiary/aromatic N) is 2. The maximum absolute atomic E-state index is 14.1. The van der Waals surface area contributed by atoms with Crippen LogP contribution in [0.2, 0.25) is 0 Å². The van der Waals surface area contributed by atoms with Crippen LogP contribution in [0.4, 0.5) is 15.8 Å². The molecule has 1 saturated heterocycles. The lowest BCUT2D eigenvalue weighted by Crippen LogP contribution is -2.37. The first-order chi connectivity index (χ1) is 17.6. The second-order valence-electron chi connectivity index (χ2n) is 8.22. The van der Waals surface area contributed by atoms with Crippen molar-refractivity contribution in [2.24, 2.45) is 0 Å². The summed E-state index contributed by atoms with van der Waals surface area (Å²) in [5.74, 6) is 0.382. The Morgan fingerprint density at radius 2 is 1.58 bits per heavy atom. The summed E-state index contributed by atoms with van der Waals surface area (Å²) in [6.45, 7) is 2.19. The number of anilines is 2. The van der Waals surface area contributed by atoms with E-state index in [0.717, 1.165) is 0 Å². The molecule has 0 radical (unpaired) electrons. The molecule has 0 unspecified atom stereocenters. The van der Waals surface area contributed by atoms with E-state index in [9.17, 15) is 14.0 Å². The summed E-state index contributed by atoms with van der Waals surface area (Å²) in [4.78, 5) is 28.3. The number of hydrogen-bond acceptors (Lipinski definition) is 5. The molecule has 2 heterocycles. The number of pyridine rings is 1. The Morgan fingerprint density at radius 3 is 2.33 bits per heavy atom. The van der Waals surface area contributed by atoms with Crippen LogP contribution in [0.1, 0.15) is 10.4 Å². The summed E-state index contributed by atoms with van der Waals surface area (Å²) in [7, 11) is 0. The van der Waals surface area contributed by atoms with Crippen molar-refractivity contribution in [2.45, 2.75) is 0 Å². The van der Waals surface area contributed by atoms with Gasteiger partial charge < -0.3 is 19.7 Å². The number of ether oxygens (including phenoxy) is 2. The normalized spacial score (nSPS) is 13.3. The smallest absolute Gasteiger partial charge is 0.268 e. The number of carbonyl (C=O) groups excluding carboxylic acids is 1. The van der Waals surface area contributed by atoms with Gasteiger partial charge in [-0.2, -0.15) is 0 Å². The van der Waals surface area contributed by atoms with Crippen molar-refractivity contribution in [1.29, 1.82) is 0 Å². The number of amides is 1. The number of benzene rings is 3. The molecule has 4 aromatic rings. The van der Waals surface area contributed by atoms with Gasteiger partial charge in [-0.25, -0.2) is 4.39 Å². The summed E-state index contributed by atoms with van der Waals surface area (Å²) in [6.07, 6.45) is 1.58. The lowest BCUT2D eigenvalue weighted by molar-refractivity contribution is 0.102. The van der Waals surface area contributed by atoms with E-state index in [2.05, 4.69) is 5.32 Å². The molecule has 1 N–H and O–H groups in total. The highest BCUT2D eigenvalue weighted by atomic mass is 19.1. The van der Waals surface area contributed by atoms with E-state index in [1.807, 2.05) is 35.2 Å². The molecule has 0 spiro atoms. The van der Waals surface area contributed by atoms with Crippen LogP contribution in [0, 0.1) is 5.82 Å². The van der Waals surface area contributed by atoms with Crippen LogP contribution in [0.25, 0.3) is 5.69 Å². The Labute approximate surface area is 207 Å². The van der Waals surface area contributed by atoms with Gasteiger partial charge in [0.15, 0.2) is 0 Å². The summed E-state index contributed by atoms with van der Waals surface area (Å²) in [6, 6.07) is 23.6. The third-order valence-electron chi connectivity index (χ3n) is 5.83. The SMILES string of the molecule is O=C(Nc1ccc(Oc2ccccc2)cc1)c1cccn(-c2ccc(F)cc2N2CCOCC2)c1=O. The predicted octanol–water partition coefficient (Wildman–Crippen LogP) is 4.86. The quantitative estimate of drug-likeness (QED) is 0.422.